The molecule has 1 heterocycles. The van der Waals surface area contributed by atoms with Gasteiger partial charge < -0.3 is 5.11 Å². The molecule has 0 fully saturated rings. The Balaban J connectivity index is 2.64. The van der Waals surface area contributed by atoms with Gasteiger partial charge in [0.05, 0.1) is 6.61 Å². The molecule has 0 atom stereocenters. The molecule has 0 saturated carbocycles. The molecule has 0 spiro atoms. The largest absolute Gasteiger partial charge is 0.435 e. The first-order chi connectivity index (χ1) is 8.43. The van der Waals surface area contributed by atoms with Gasteiger partial charge in [0.2, 0.25) is 0 Å². The molecule has 96 valence electrons. The van der Waals surface area contributed by atoms with E-state index in [2.05, 4.69) is 5.10 Å². The fourth-order valence-corrected chi connectivity index (χ4v) is 1.82. The highest BCUT2D eigenvalue weighted by molar-refractivity contribution is 5.69. The van der Waals surface area contributed by atoms with Crippen molar-refractivity contribution >= 4 is 0 Å². The molecule has 0 bridgehead atoms. The minimum absolute atomic E-state index is 0.0188. The van der Waals surface area contributed by atoms with Crippen molar-refractivity contribution in [2.75, 3.05) is 0 Å². The second kappa shape index (κ2) is 4.45. The zero-order valence-electron chi connectivity index (χ0n) is 9.57. The van der Waals surface area contributed by atoms with Crippen molar-refractivity contribution in [2.24, 2.45) is 7.05 Å². The van der Waals surface area contributed by atoms with Gasteiger partial charge in [-0.3, -0.25) is 4.68 Å². The Morgan fingerprint density at radius 1 is 1.22 bits per heavy atom. The van der Waals surface area contributed by atoms with Crippen LogP contribution in [0.25, 0.3) is 11.1 Å². The minimum Gasteiger partial charge on any atom is -0.392 e. The Bertz CT molecular complexity index is 561. The fraction of sp³-hybridized carbons (Fsp3) is 0.250. The van der Waals surface area contributed by atoms with Crippen LogP contribution in [0.15, 0.2) is 30.5 Å². The van der Waals surface area contributed by atoms with Crippen LogP contribution in [0.2, 0.25) is 0 Å². The number of aromatic nitrogens is 2. The van der Waals surface area contributed by atoms with E-state index in [9.17, 15) is 18.3 Å². The Hall–Kier alpha value is -1.82. The molecular formula is C12H11F3N2O. The normalized spacial score (nSPS) is 11.8. The molecule has 0 aliphatic carbocycles. The third kappa shape index (κ3) is 2.24. The maximum Gasteiger partial charge on any atom is 0.435 e. The van der Waals surface area contributed by atoms with Gasteiger partial charge in [-0.15, -0.1) is 0 Å². The van der Waals surface area contributed by atoms with E-state index in [1.54, 1.807) is 18.2 Å². The number of rotatable bonds is 2. The average Bonchev–Trinajstić information content (AvgIpc) is 2.71. The number of nitrogens with zero attached hydrogens (tertiary/aromatic N) is 2. The Morgan fingerprint density at radius 2 is 1.89 bits per heavy atom. The van der Waals surface area contributed by atoms with Crippen molar-refractivity contribution < 1.29 is 18.3 Å². The lowest BCUT2D eigenvalue weighted by molar-refractivity contribution is -0.140. The maximum absolute atomic E-state index is 12.8. The first-order valence-corrected chi connectivity index (χ1v) is 5.23. The predicted octanol–water partition coefficient (Wildman–Crippen LogP) is 2.60. The number of alkyl halides is 3. The van der Waals surface area contributed by atoms with E-state index in [1.165, 1.54) is 19.3 Å². The van der Waals surface area contributed by atoms with Gasteiger partial charge in [-0.1, -0.05) is 24.3 Å². The molecule has 0 amide bonds. The van der Waals surface area contributed by atoms with Crippen LogP contribution >= 0.6 is 0 Å². The third-order valence-corrected chi connectivity index (χ3v) is 2.58. The van der Waals surface area contributed by atoms with Crippen LogP contribution in [-0.2, 0) is 19.8 Å². The van der Waals surface area contributed by atoms with Gasteiger partial charge in [-0.25, -0.2) is 0 Å². The topological polar surface area (TPSA) is 38.0 Å². The maximum atomic E-state index is 12.8. The van der Waals surface area contributed by atoms with Gasteiger partial charge >= 0.3 is 6.18 Å². The lowest BCUT2D eigenvalue weighted by Crippen LogP contribution is -2.08. The fourth-order valence-electron chi connectivity index (χ4n) is 1.82. The molecule has 1 aromatic heterocycles. The van der Waals surface area contributed by atoms with E-state index < -0.39 is 11.9 Å². The molecule has 6 heteroatoms. The summed E-state index contributed by atoms with van der Waals surface area (Å²) in [4.78, 5) is 0. The van der Waals surface area contributed by atoms with Crippen molar-refractivity contribution in [2.45, 2.75) is 12.8 Å². The van der Waals surface area contributed by atoms with Crippen molar-refractivity contribution in [3.63, 3.8) is 0 Å². The number of benzene rings is 1. The molecule has 3 nitrogen and oxygen atoms in total. The third-order valence-electron chi connectivity index (χ3n) is 2.58. The summed E-state index contributed by atoms with van der Waals surface area (Å²) in [5.41, 5.74) is -0.169. The Labute approximate surface area is 101 Å². The Morgan fingerprint density at radius 3 is 2.50 bits per heavy atom. The number of hydrogen-bond acceptors (Lipinski definition) is 2. The molecule has 0 aliphatic rings. The van der Waals surface area contributed by atoms with E-state index in [-0.39, 0.29) is 12.2 Å². The molecule has 18 heavy (non-hydrogen) atoms. The molecule has 0 saturated heterocycles. The lowest BCUT2D eigenvalue weighted by Gasteiger charge is -2.09. The van der Waals surface area contributed by atoms with Crippen molar-refractivity contribution in [3.8, 4) is 11.1 Å². The number of halogens is 3. The molecule has 0 unspecified atom stereocenters. The molecule has 0 radical (unpaired) electrons. The minimum atomic E-state index is -4.51. The summed E-state index contributed by atoms with van der Waals surface area (Å²) in [6, 6.07) is 6.42. The van der Waals surface area contributed by atoms with Crippen LogP contribution in [0.3, 0.4) is 0 Å². The smallest absolute Gasteiger partial charge is 0.392 e. The second-order valence-electron chi connectivity index (χ2n) is 3.88. The van der Waals surface area contributed by atoms with Crippen LogP contribution in [-0.4, -0.2) is 14.9 Å². The van der Waals surface area contributed by atoms with E-state index in [4.69, 9.17) is 0 Å². The van der Waals surface area contributed by atoms with E-state index in [0.29, 0.717) is 11.1 Å². The number of hydrogen-bond donors (Lipinski definition) is 1. The van der Waals surface area contributed by atoms with Crippen LogP contribution in [0.4, 0.5) is 13.2 Å². The van der Waals surface area contributed by atoms with Gasteiger partial charge in [-0.05, 0) is 11.1 Å². The first kappa shape index (κ1) is 12.6. The van der Waals surface area contributed by atoms with Gasteiger partial charge in [0.25, 0.3) is 0 Å². The monoisotopic (exact) mass is 256 g/mol. The summed E-state index contributed by atoms with van der Waals surface area (Å²) in [7, 11) is 1.43. The SMILES string of the molecule is Cn1cc(-c2ccccc2CO)c(C(F)(F)F)n1. The molecule has 2 aromatic rings. The predicted molar refractivity (Wildman–Crippen MR) is 59.6 cm³/mol. The van der Waals surface area contributed by atoms with Crippen LogP contribution in [0.1, 0.15) is 11.3 Å². The summed E-state index contributed by atoms with van der Waals surface area (Å²) in [6.07, 6.45) is -3.21. The number of aliphatic hydroxyl groups is 1. The van der Waals surface area contributed by atoms with E-state index >= 15 is 0 Å². The second-order valence-corrected chi connectivity index (χ2v) is 3.88. The highest BCUT2D eigenvalue weighted by Crippen LogP contribution is 2.37. The van der Waals surface area contributed by atoms with Gasteiger partial charge in [-0.2, -0.15) is 18.3 Å². The van der Waals surface area contributed by atoms with Crippen molar-refractivity contribution in [1.82, 2.24) is 9.78 Å². The summed E-state index contributed by atoms with van der Waals surface area (Å²) >= 11 is 0. The zero-order valence-corrected chi connectivity index (χ0v) is 9.57. The van der Waals surface area contributed by atoms with Crippen LogP contribution in [0.5, 0.6) is 0 Å². The molecule has 2 rings (SSSR count). The molecule has 0 aliphatic heterocycles. The van der Waals surface area contributed by atoms with Crippen LogP contribution < -0.4 is 0 Å². The first-order valence-electron chi connectivity index (χ1n) is 5.23. The molecule has 1 aromatic carbocycles. The summed E-state index contributed by atoms with van der Waals surface area (Å²) < 4.78 is 39.7. The molecule has 1 N–H and O–H groups in total. The van der Waals surface area contributed by atoms with Gasteiger partial charge in [0.1, 0.15) is 0 Å². The Kier molecular flexibility index (Phi) is 3.13. The quantitative estimate of drug-likeness (QED) is 0.896. The highest BCUT2D eigenvalue weighted by Gasteiger charge is 2.37. The van der Waals surface area contributed by atoms with Crippen LogP contribution in [0, 0.1) is 0 Å². The number of aliphatic hydroxyl groups excluding tert-OH is 1. The van der Waals surface area contributed by atoms with Gasteiger partial charge in [0.15, 0.2) is 5.69 Å². The van der Waals surface area contributed by atoms with E-state index in [0.717, 1.165) is 4.68 Å². The molecular weight excluding hydrogens is 245 g/mol. The average molecular weight is 256 g/mol. The summed E-state index contributed by atoms with van der Waals surface area (Å²) in [6.45, 7) is -0.317. The van der Waals surface area contributed by atoms with Crippen molar-refractivity contribution in [3.05, 3.63) is 41.7 Å². The van der Waals surface area contributed by atoms with Crippen molar-refractivity contribution in [1.29, 1.82) is 0 Å². The summed E-state index contributed by atoms with van der Waals surface area (Å²) in [5, 5.41) is 12.6. The van der Waals surface area contributed by atoms with Gasteiger partial charge in [0, 0.05) is 18.8 Å². The standard InChI is InChI=1S/C12H11F3N2O/c1-17-6-10(11(16-17)12(13,14)15)9-5-3-2-4-8(9)7-18/h2-6,18H,7H2,1H3. The summed E-state index contributed by atoms with van der Waals surface area (Å²) in [5.74, 6) is 0. The lowest BCUT2D eigenvalue weighted by atomic mass is 10.0. The zero-order chi connectivity index (χ0) is 13.3. The van der Waals surface area contributed by atoms with E-state index in [1.807, 2.05) is 0 Å². The number of aryl methyl sites for hydroxylation is 1. The highest BCUT2D eigenvalue weighted by atomic mass is 19.4.